The highest BCUT2D eigenvalue weighted by Crippen LogP contribution is 2.34. The number of amides is 1. The highest BCUT2D eigenvalue weighted by atomic mass is 32.2. The molecule has 0 saturated carbocycles. The molecule has 5 rings (SSSR count). The number of anilines is 1. The van der Waals surface area contributed by atoms with E-state index in [1.807, 2.05) is 0 Å². The number of halogens is 1. The van der Waals surface area contributed by atoms with Crippen molar-refractivity contribution in [1.29, 1.82) is 0 Å². The molecule has 2 aromatic heterocycles. The lowest BCUT2D eigenvalue weighted by atomic mass is 10.2. The summed E-state index contributed by atoms with van der Waals surface area (Å²) in [7, 11) is 3.06. The minimum Gasteiger partial charge on any atom is -0.493 e. The highest BCUT2D eigenvalue weighted by Gasteiger charge is 2.29. The molecule has 174 valence electrons. The number of benzene rings is 2. The van der Waals surface area contributed by atoms with Gasteiger partial charge in [-0.2, -0.15) is 5.10 Å². The molecule has 0 fully saturated rings. The van der Waals surface area contributed by atoms with E-state index < -0.39 is 0 Å². The molecule has 2 aromatic carbocycles. The van der Waals surface area contributed by atoms with Crippen molar-refractivity contribution in [1.82, 2.24) is 19.3 Å². The van der Waals surface area contributed by atoms with Crippen LogP contribution >= 0.6 is 11.8 Å². The van der Waals surface area contributed by atoms with Crippen LogP contribution in [0.15, 0.2) is 58.6 Å². The summed E-state index contributed by atoms with van der Waals surface area (Å²) in [6.45, 7) is 0. The molecule has 0 spiro atoms. The monoisotopic (exact) mass is 481 g/mol. The van der Waals surface area contributed by atoms with Gasteiger partial charge in [-0.1, -0.05) is 11.8 Å². The van der Waals surface area contributed by atoms with Gasteiger partial charge in [0.15, 0.2) is 22.3 Å². The predicted molar refractivity (Wildman–Crippen MR) is 126 cm³/mol. The lowest BCUT2D eigenvalue weighted by Gasteiger charge is -2.14. The highest BCUT2D eigenvalue weighted by molar-refractivity contribution is 7.99. The third kappa shape index (κ3) is 3.87. The van der Waals surface area contributed by atoms with Crippen molar-refractivity contribution < 1.29 is 18.7 Å². The molecule has 1 N–H and O–H groups in total. The molecule has 3 heterocycles. The normalized spacial score (nSPS) is 14.7. The molecule has 9 nitrogen and oxygen atoms in total. The summed E-state index contributed by atoms with van der Waals surface area (Å²) in [5, 5.41) is 7.98. The standard InChI is InChI=1S/C23H20FN5O4S/c1-32-18-8-5-14(9-19(18)33-2)26-20(30)10-16-12-34-23-27-21-17(22(31)28(16)23)11-25-29(21)15-6-3-13(24)4-7-15/h3-9,11,16H,10,12H2,1-2H3,(H,26,30). The Kier molecular flexibility index (Phi) is 5.70. The van der Waals surface area contributed by atoms with Crippen molar-refractivity contribution in [2.45, 2.75) is 17.6 Å². The molecule has 4 aromatic rings. The zero-order valence-electron chi connectivity index (χ0n) is 18.3. The molecule has 34 heavy (non-hydrogen) atoms. The Labute approximate surface area is 197 Å². The van der Waals surface area contributed by atoms with Crippen LogP contribution in [-0.4, -0.2) is 45.2 Å². The quantitative estimate of drug-likeness (QED) is 0.421. The lowest BCUT2D eigenvalue weighted by molar-refractivity contribution is -0.116. The van der Waals surface area contributed by atoms with Gasteiger partial charge in [-0.15, -0.1) is 0 Å². The topological polar surface area (TPSA) is 100 Å². The number of rotatable bonds is 6. The first-order chi connectivity index (χ1) is 16.5. The van der Waals surface area contributed by atoms with E-state index in [-0.39, 0.29) is 29.7 Å². The van der Waals surface area contributed by atoms with Crippen LogP contribution in [0.2, 0.25) is 0 Å². The van der Waals surface area contributed by atoms with E-state index in [4.69, 9.17) is 9.47 Å². The van der Waals surface area contributed by atoms with Gasteiger partial charge in [-0.05, 0) is 36.4 Å². The molecule has 0 bridgehead atoms. The van der Waals surface area contributed by atoms with Gasteiger partial charge in [0.2, 0.25) is 5.91 Å². The molecule has 1 amide bonds. The van der Waals surface area contributed by atoms with Gasteiger partial charge in [0.25, 0.3) is 5.56 Å². The zero-order valence-corrected chi connectivity index (χ0v) is 19.1. The van der Waals surface area contributed by atoms with E-state index in [1.165, 1.54) is 49.0 Å². The number of hydrogen-bond donors (Lipinski definition) is 1. The Morgan fingerprint density at radius 2 is 1.94 bits per heavy atom. The number of carbonyl (C=O) groups is 1. The predicted octanol–water partition coefficient (Wildman–Crippen LogP) is 3.41. The van der Waals surface area contributed by atoms with Gasteiger partial charge < -0.3 is 14.8 Å². The molecular formula is C23H20FN5O4S. The SMILES string of the molecule is COc1ccc(NC(=O)CC2CSc3nc4c(cnn4-c4ccc(F)cc4)c(=O)n32)cc1OC. The van der Waals surface area contributed by atoms with Gasteiger partial charge in [-0.25, -0.2) is 14.1 Å². The number of fused-ring (bicyclic) bond motifs is 2. The fourth-order valence-corrected chi connectivity index (χ4v) is 5.02. The van der Waals surface area contributed by atoms with E-state index >= 15 is 0 Å². The maximum Gasteiger partial charge on any atom is 0.265 e. The summed E-state index contributed by atoms with van der Waals surface area (Å²) in [5.41, 5.74) is 1.30. The number of methoxy groups -OCH3 is 2. The second kappa shape index (κ2) is 8.82. The molecule has 0 aliphatic carbocycles. The molecule has 0 radical (unpaired) electrons. The largest absolute Gasteiger partial charge is 0.493 e. The van der Waals surface area contributed by atoms with Crippen molar-refractivity contribution in [2.24, 2.45) is 0 Å². The van der Waals surface area contributed by atoms with Crippen LogP contribution in [0, 0.1) is 5.82 Å². The minimum absolute atomic E-state index is 0.105. The Morgan fingerprint density at radius 1 is 1.18 bits per heavy atom. The molecule has 0 saturated heterocycles. The first-order valence-electron chi connectivity index (χ1n) is 10.4. The third-order valence-electron chi connectivity index (χ3n) is 5.53. The molecule has 1 unspecified atom stereocenters. The average molecular weight is 482 g/mol. The Balaban J connectivity index is 1.40. The summed E-state index contributed by atoms with van der Waals surface area (Å²) in [4.78, 5) is 30.6. The van der Waals surface area contributed by atoms with Crippen LogP contribution in [0.4, 0.5) is 10.1 Å². The summed E-state index contributed by atoms with van der Waals surface area (Å²) in [6.07, 6.45) is 1.55. The van der Waals surface area contributed by atoms with Gasteiger partial charge >= 0.3 is 0 Å². The first-order valence-corrected chi connectivity index (χ1v) is 11.4. The van der Waals surface area contributed by atoms with E-state index in [0.29, 0.717) is 44.8 Å². The van der Waals surface area contributed by atoms with Crippen LogP contribution in [0.3, 0.4) is 0 Å². The van der Waals surface area contributed by atoms with Gasteiger partial charge in [-0.3, -0.25) is 14.2 Å². The zero-order chi connectivity index (χ0) is 23.8. The second-order valence-electron chi connectivity index (χ2n) is 7.63. The second-order valence-corrected chi connectivity index (χ2v) is 8.61. The number of ether oxygens (including phenoxy) is 2. The summed E-state index contributed by atoms with van der Waals surface area (Å²) in [6, 6.07) is 10.5. The van der Waals surface area contributed by atoms with Crippen LogP contribution in [-0.2, 0) is 4.79 Å². The van der Waals surface area contributed by atoms with Crippen molar-refractivity contribution in [3.63, 3.8) is 0 Å². The molecule has 1 aliphatic heterocycles. The molecule has 11 heteroatoms. The Morgan fingerprint density at radius 3 is 2.68 bits per heavy atom. The number of hydrogen-bond acceptors (Lipinski definition) is 7. The van der Waals surface area contributed by atoms with E-state index in [9.17, 15) is 14.0 Å². The Hall–Kier alpha value is -3.86. The van der Waals surface area contributed by atoms with E-state index in [2.05, 4.69) is 15.4 Å². The molecule has 1 aliphatic rings. The minimum atomic E-state index is -0.362. The lowest BCUT2D eigenvalue weighted by Crippen LogP contribution is -2.27. The van der Waals surface area contributed by atoms with Gasteiger partial charge in [0.1, 0.15) is 11.2 Å². The number of thioether (sulfide) groups is 1. The van der Waals surface area contributed by atoms with Gasteiger partial charge in [0.05, 0.1) is 32.1 Å². The molecule has 1 atom stereocenters. The fourth-order valence-electron chi connectivity index (χ4n) is 3.89. The Bertz CT molecular complexity index is 1450. The van der Waals surface area contributed by atoms with Gasteiger partial charge in [0, 0.05) is 23.9 Å². The van der Waals surface area contributed by atoms with Crippen molar-refractivity contribution >= 4 is 34.4 Å². The average Bonchev–Trinajstić information content (AvgIpc) is 3.44. The number of nitrogens with zero attached hydrogens (tertiary/aromatic N) is 4. The number of aromatic nitrogens is 4. The summed E-state index contributed by atoms with van der Waals surface area (Å²) < 4.78 is 26.9. The van der Waals surface area contributed by atoms with Crippen LogP contribution < -0.4 is 20.3 Å². The van der Waals surface area contributed by atoms with E-state index in [0.717, 1.165) is 0 Å². The van der Waals surface area contributed by atoms with Crippen molar-refractivity contribution in [2.75, 3.05) is 25.3 Å². The summed E-state index contributed by atoms with van der Waals surface area (Å²) in [5.74, 6) is 1.00. The van der Waals surface area contributed by atoms with Crippen LogP contribution in [0.5, 0.6) is 11.5 Å². The number of nitrogens with one attached hydrogen (secondary N) is 1. The third-order valence-corrected chi connectivity index (χ3v) is 6.63. The maximum absolute atomic E-state index is 13.3. The fraction of sp³-hybridized carbons (Fsp3) is 0.217. The maximum atomic E-state index is 13.3. The van der Waals surface area contributed by atoms with Crippen LogP contribution in [0.25, 0.3) is 16.7 Å². The molecular weight excluding hydrogens is 461 g/mol. The van der Waals surface area contributed by atoms with Crippen molar-refractivity contribution in [3.8, 4) is 17.2 Å². The van der Waals surface area contributed by atoms with Crippen LogP contribution in [0.1, 0.15) is 12.5 Å². The number of carbonyl (C=O) groups excluding carboxylic acids is 1. The first kappa shape index (κ1) is 22.0. The summed E-state index contributed by atoms with van der Waals surface area (Å²) >= 11 is 1.41. The van der Waals surface area contributed by atoms with E-state index in [1.54, 1.807) is 34.9 Å². The smallest absolute Gasteiger partial charge is 0.265 e. The van der Waals surface area contributed by atoms with Crippen molar-refractivity contribution in [3.05, 3.63) is 64.8 Å².